The first kappa shape index (κ1) is 12.5. The molecule has 1 heterocycles. The summed E-state index contributed by atoms with van der Waals surface area (Å²) < 4.78 is 3.28. The Morgan fingerprint density at radius 1 is 1.41 bits per heavy atom. The van der Waals surface area contributed by atoms with Gasteiger partial charge >= 0.3 is 0 Å². The molecule has 2 aromatic rings. The lowest BCUT2D eigenvalue weighted by atomic mass is 10.1. The second-order valence-electron chi connectivity index (χ2n) is 3.83. The maximum absolute atomic E-state index is 9.27. The summed E-state index contributed by atoms with van der Waals surface area (Å²) in [6.07, 6.45) is 0. The van der Waals surface area contributed by atoms with Gasteiger partial charge in [0.15, 0.2) is 10.6 Å². The molecule has 90 valence electrons. The molecular formula is C11H12BrN3OS. The van der Waals surface area contributed by atoms with Crippen LogP contribution in [0.5, 0.6) is 0 Å². The minimum Gasteiger partial charge on any atom is -0.388 e. The molecule has 0 radical (unpaired) electrons. The van der Waals surface area contributed by atoms with Crippen molar-refractivity contribution in [1.82, 2.24) is 14.8 Å². The van der Waals surface area contributed by atoms with Crippen LogP contribution in [-0.4, -0.2) is 19.9 Å². The Labute approximate surface area is 112 Å². The molecule has 6 heteroatoms. The van der Waals surface area contributed by atoms with E-state index in [0.717, 1.165) is 21.3 Å². The van der Waals surface area contributed by atoms with Crippen LogP contribution in [0.25, 0.3) is 5.69 Å². The largest absolute Gasteiger partial charge is 0.388 e. The van der Waals surface area contributed by atoms with Gasteiger partial charge in [-0.3, -0.25) is 9.67 Å². The van der Waals surface area contributed by atoms with Gasteiger partial charge in [0.2, 0.25) is 0 Å². The van der Waals surface area contributed by atoms with Crippen LogP contribution >= 0.6 is 28.1 Å². The number of aromatic nitrogens is 3. The van der Waals surface area contributed by atoms with E-state index in [1.54, 1.807) is 4.57 Å². The van der Waals surface area contributed by atoms with Gasteiger partial charge in [0.05, 0.1) is 5.69 Å². The summed E-state index contributed by atoms with van der Waals surface area (Å²) in [5.41, 5.74) is 3.11. The third-order valence-corrected chi connectivity index (χ3v) is 3.29. The van der Waals surface area contributed by atoms with Crippen molar-refractivity contribution in [2.45, 2.75) is 20.5 Å². The molecule has 0 unspecified atom stereocenters. The molecule has 0 atom stereocenters. The number of H-pyrrole nitrogens is 1. The lowest BCUT2D eigenvalue weighted by Crippen LogP contribution is -2.05. The van der Waals surface area contributed by atoms with Crippen LogP contribution in [0.2, 0.25) is 0 Å². The van der Waals surface area contributed by atoms with Crippen LogP contribution in [0.15, 0.2) is 16.6 Å². The zero-order valence-corrected chi connectivity index (χ0v) is 11.9. The number of rotatable bonds is 2. The van der Waals surface area contributed by atoms with Crippen molar-refractivity contribution in [2.24, 2.45) is 0 Å². The lowest BCUT2D eigenvalue weighted by Gasteiger charge is -2.12. The Bertz CT molecular complexity index is 594. The summed E-state index contributed by atoms with van der Waals surface area (Å²) >= 11 is 8.65. The number of aryl methyl sites for hydroxylation is 2. The predicted molar refractivity (Wildman–Crippen MR) is 71.8 cm³/mol. The van der Waals surface area contributed by atoms with Crippen LogP contribution < -0.4 is 0 Å². The fourth-order valence-electron chi connectivity index (χ4n) is 1.92. The summed E-state index contributed by atoms with van der Waals surface area (Å²) in [5.74, 6) is 0.517. The molecule has 0 saturated heterocycles. The molecule has 0 amide bonds. The van der Waals surface area contributed by atoms with E-state index < -0.39 is 0 Å². The Hall–Kier alpha value is -0.980. The van der Waals surface area contributed by atoms with Gasteiger partial charge in [-0.25, -0.2) is 0 Å². The zero-order valence-electron chi connectivity index (χ0n) is 9.49. The minimum absolute atomic E-state index is 0.151. The van der Waals surface area contributed by atoms with Crippen molar-refractivity contribution >= 4 is 28.1 Å². The number of hydrogen-bond acceptors (Lipinski definition) is 3. The number of halogens is 1. The molecule has 0 aliphatic heterocycles. The minimum atomic E-state index is -0.151. The summed E-state index contributed by atoms with van der Waals surface area (Å²) in [6.45, 7) is 3.86. The fourth-order valence-corrected chi connectivity index (χ4v) is 2.85. The van der Waals surface area contributed by atoms with Crippen molar-refractivity contribution in [2.75, 3.05) is 0 Å². The highest BCUT2D eigenvalue weighted by Gasteiger charge is 2.12. The molecule has 0 fully saturated rings. The van der Waals surface area contributed by atoms with E-state index in [0.29, 0.717) is 10.6 Å². The smallest absolute Gasteiger partial charge is 0.199 e. The first-order valence-electron chi connectivity index (χ1n) is 5.09. The molecular weight excluding hydrogens is 302 g/mol. The molecule has 2 N–H and O–H groups in total. The summed E-state index contributed by atoms with van der Waals surface area (Å²) in [4.78, 5) is 0. The Morgan fingerprint density at radius 2 is 2.00 bits per heavy atom. The Balaban J connectivity index is 2.77. The molecule has 0 saturated carbocycles. The zero-order chi connectivity index (χ0) is 12.6. The van der Waals surface area contributed by atoms with E-state index in [1.165, 1.54) is 0 Å². The average molecular weight is 314 g/mol. The first-order valence-corrected chi connectivity index (χ1v) is 6.29. The van der Waals surface area contributed by atoms with Crippen LogP contribution in [0.4, 0.5) is 0 Å². The molecule has 1 aromatic heterocycles. The highest BCUT2D eigenvalue weighted by Crippen LogP contribution is 2.25. The topological polar surface area (TPSA) is 53.8 Å². The van der Waals surface area contributed by atoms with E-state index >= 15 is 0 Å². The normalized spacial score (nSPS) is 10.8. The van der Waals surface area contributed by atoms with Crippen molar-refractivity contribution < 1.29 is 5.11 Å². The van der Waals surface area contributed by atoms with Gasteiger partial charge in [-0.2, -0.15) is 5.10 Å². The number of nitrogens with one attached hydrogen (secondary N) is 1. The van der Waals surface area contributed by atoms with Gasteiger partial charge < -0.3 is 5.11 Å². The van der Waals surface area contributed by atoms with E-state index in [1.807, 2.05) is 26.0 Å². The van der Waals surface area contributed by atoms with Gasteiger partial charge in [0.1, 0.15) is 6.61 Å². The number of hydrogen-bond donors (Lipinski definition) is 2. The monoisotopic (exact) mass is 313 g/mol. The number of benzene rings is 1. The first-order chi connectivity index (χ1) is 8.04. The Kier molecular flexibility index (Phi) is 3.46. The third kappa shape index (κ3) is 2.20. The second kappa shape index (κ2) is 4.72. The van der Waals surface area contributed by atoms with Crippen LogP contribution in [0.1, 0.15) is 17.0 Å². The SMILES string of the molecule is Cc1cc(Br)cc(C)c1-n1c(CO)n[nH]c1=S. The van der Waals surface area contributed by atoms with Crippen LogP contribution in [-0.2, 0) is 6.61 Å². The van der Waals surface area contributed by atoms with Crippen LogP contribution in [0, 0.1) is 18.6 Å². The summed E-state index contributed by atoms with van der Waals surface area (Å²) in [5, 5.41) is 16.0. The number of aliphatic hydroxyl groups is 1. The molecule has 4 nitrogen and oxygen atoms in total. The summed E-state index contributed by atoms with van der Waals surface area (Å²) in [6, 6.07) is 4.02. The van der Waals surface area contributed by atoms with Crippen molar-refractivity contribution in [1.29, 1.82) is 0 Å². The Morgan fingerprint density at radius 3 is 2.53 bits per heavy atom. The molecule has 0 aliphatic rings. The molecule has 0 bridgehead atoms. The second-order valence-corrected chi connectivity index (χ2v) is 5.13. The standard InChI is InChI=1S/C11H12BrN3OS/c1-6-3-8(12)4-7(2)10(6)15-9(5-16)13-14-11(15)17/h3-4,16H,5H2,1-2H3,(H,14,17). The third-order valence-electron chi connectivity index (χ3n) is 2.56. The fraction of sp³-hybridized carbons (Fsp3) is 0.273. The van der Waals surface area contributed by atoms with Crippen molar-refractivity contribution in [3.63, 3.8) is 0 Å². The van der Waals surface area contributed by atoms with Gasteiger partial charge in [0.25, 0.3) is 0 Å². The molecule has 2 rings (SSSR count). The predicted octanol–water partition coefficient (Wildman–Crippen LogP) is 2.80. The van der Waals surface area contributed by atoms with Gasteiger partial charge in [-0.15, -0.1) is 0 Å². The lowest BCUT2D eigenvalue weighted by molar-refractivity contribution is 0.268. The quantitative estimate of drug-likeness (QED) is 0.838. The van der Waals surface area contributed by atoms with Crippen molar-refractivity contribution in [3.05, 3.63) is 38.3 Å². The molecule has 0 aliphatic carbocycles. The highest BCUT2D eigenvalue weighted by molar-refractivity contribution is 9.10. The molecule has 1 aromatic carbocycles. The molecule has 17 heavy (non-hydrogen) atoms. The van der Waals surface area contributed by atoms with E-state index in [9.17, 15) is 5.11 Å². The number of aromatic amines is 1. The van der Waals surface area contributed by atoms with Crippen molar-refractivity contribution in [3.8, 4) is 5.69 Å². The van der Waals surface area contributed by atoms with Crippen LogP contribution in [0.3, 0.4) is 0 Å². The van der Waals surface area contributed by atoms with Gasteiger partial charge in [0, 0.05) is 4.47 Å². The number of nitrogens with zero attached hydrogens (tertiary/aromatic N) is 2. The highest BCUT2D eigenvalue weighted by atomic mass is 79.9. The van der Waals surface area contributed by atoms with E-state index in [-0.39, 0.29) is 6.61 Å². The van der Waals surface area contributed by atoms with Gasteiger partial charge in [-0.1, -0.05) is 15.9 Å². The molecule has 0 spiro atoms. The van der Waals surface area contributed by atoms with E-state index in [4.69, 9.17) is 12.2 Å². The maximum atomic E-state index is 9.27. The average Bonchev–Trinajstić information content (AvgIpc) is 2.59. The van der Waals surface area contributed by atoms with Gasteiger partial charge in [-0.05, 0) is 49.3 Å². The summed E-state index contributed by atoms with van der Waals surface area (Å²) in [7, 11) is 0. The maximum Gasteiger partial charge on any atom is 0.199 e. The number of aliphatic hydroxyl groups excluding tert-OH is 1. The van der Waals surface area contributed by atoms with E-state index in [2.05, 4.69) is 26.1 Å².